The molecule has 2 aromatic heterocycles. The summed E-state index contributed by atoms with van der Waals surface area (Å²) in [5.41, 5.74) is 3.55. The van der Waals surface area contributed by atoms with Gasteiger partial charge in [-0.05, 0) is 53.5 Å². The van der Waals surface area contributed by atoms with Gasteiger partial charge in [-0.1, -0.05) is 29.8 Å². The quantitative estimate of drug-likeness (QED) is 0.326. The molecule has 0 radical (unpaired) electrons. The van der Waals surface area contributed by atoms with Crippen molar-refractivity contribution in [1.82, 2.24) is 20.0 Å². The highest BCUT2D eigenvalue weighted by Crippen LogP contribution is 2.43. The number of hydrogen-bond donors (Lipinski definition) is 1. The van der Waals surface area contributed by atoms with E-state index < -0.39 is 11.9 Å². The van der Waals surface area contributed by atoms with Crippen LogP contribution in [0, 0.1) is 11.3 Å². The number of amides is 2. The first-order valence-electron chi connectivity index (χ1n) is 11.3. The maximum absolute atomic E-state index is 13.4. The lowest BCUT2D eigenvalue weighted by Gasteiger charge is -2.20. The Morgan fingerprint density at radius 1 is 1.31 bits per heavy atom. The number of nitriles is 1. The van der Waals surface area contributed by atoms with E-state index in [-0.39, 0.29) is 35.1 Å². The monoisotopic (exact) mass is 623 g/mol. The number of rotatable bonds is 6. The molecule has 1 aliphatic heterocycles. The zero-order valence-corrected chi connectivity index (χ0v) is 23.0. The number of aromatic nitrogens is 2. The summed E-state index contributed by atoms with van der Waals surface area (Å²) >= 11 is 8.73. The molecular weight excluding hydrogens is 603 g/mol. The highest BCUT2D eigenvalue weighted by molar-refractivity contribution is 9.10. The Balaban J connectivity index is 0.000000230. The van der Waals surface area contributed by atoms with Gasteiger partial charge < -0.3 is 9.30 Å². The summed E-state index contributed by atoms with van der Waals surface area (Å²) in [7, 11) is 0. The van der Waals surface area contributed by atoms with E-state index in [9.17, 15) is 23.2 Å². The number of ether oxygens (including phenoxy) is 1. The van der Waals surface area contributed by atoms with Crippen molar-refractivity contribution < 1.29 is 22.7 Å². The molecule has 3 aromatic rings. The average molecular weight is 625 g/mol. The molecule has 1 N–H and O–H groups in total. The molecule has 4 rings (SSSR count). The van der Waals surface area contributed by atoms with Crippen molar-refractivity contribution >= 4 is 45.5 Å². The molecule has 0 aliphatic carbocycles. The van der Waals surface area contributed by atoms with Gasteiger partial charge in [0, 0.05) is 29.6 Å². The fourth-order valence-electron chi connectivity index (χ4n) is 3.39. The molecule has 0 bridgehead atoms. The van der Waals surface area contributed by atoms with E-state index in [0.29, 0.717) is 17.1 Å². The Morgan fingerprint density at radius 2 is 2.03 bits per heavy atom. The van der Waals surface area contributed by atoms with E-state index in [1.807, 2.05) is 25.1 Å². The summed E-state index contributed by atoms with van der Waals surface area (Å²) in [5, 5.41) is 18.9. The molecule has 204 valence electrons. The van der Waals surface area contributed by atoms with Crippen molar-refractivity contribution in [3.63, 3.8) is 0 Å². The third-order valence-corrected chi connectivity index (χ3v) is 6.14. The highest BCUT2D eigenvalue weighted by atomic mass is 79.9. The third-order valence-electron chi connectivity index (χ3n) is 5.11. The van der Waals surface area contributed by atoms with E-state index in [0.717, 1.165) is 15.8 Å². The number of benzene rings is 1. The molecule has 1 aliphatic rings. The molecule has 2 amide bonds. The molecule has 9 nitrogen and oxygen atoms in total. The van der Waals surface area contributed by atoms with Crippen molar-refractivity contribution in [1.29, 1.82) is 5.26 Å². The SMILES string of the molecule is CC1=NNC(=O)N(/N=C/c2cccnc2)C1.CCOCn1c(-c2ccc(Cl)cc2)c(C#N)c(Br)c1C(F)(F)F. The Kier molecular flexibility index (Phi) is 10.2. The van der Waals surface area contributed by atoms with Gasteiger partial charge in [0.1, 0.15) is 18.5 Å². The standard InChI is InChI=1S/C15H11BrClF3N2O.C10H11N5O/c1-2-23-8-22-13(9-3-5-10(17)6-4-9)11(7-21)12(16)14(22)15(18,19)20;1-8-7-15(10(16)14-13-8)12-6-9-3-2-4-11-5-9/h3-6H,2,8H2,1H3;2-6H,7H2,1H3,(H,14,16)/b;12-6+. The first-order valence-corrected chi connectivity index (χ1v) is 12.5. The third kappa shape index (κ3) is 7.66. The second kappa shape index (κ2) is 13.4. The van der Waals surface area contributed by atoms with Gasteiger partial charge in [0.05, 0.1) is 34.2 Å². The van der Waals surface area contributed by atoms with Gasteiger partial charge in [-0.3, -0.25) is 4.98 Å². The Bertz CT molecular complexity index is 1400. The first-order chi connectivity index (χ1) is 18.6. The Morgan fingerprint density at radius 3 is 2.62 bits per heavy atom. The number of carbonyl (C=O) groups is 1. The van der Waals surface area contributed by atoms with E-state index >= 15 is 0 Å². The number of pyridine rings is 1. The highest BCUT2D eigenvalue weighted by Gasteiger charge is 2.40. The summed E-state index contributed by atoms with van der Waals surface area (Å²) in [5.74, 6) is 0. The van der Waals surface area contributed by atoms with Crippen LogP contribution in [0.25, 0.3) is 11.3 Å². The number of halogens is 5. The average Bonchev–Trinajstić information content (AvgIpc) is 3.20. The van der Waals surface area contributed by atoms with Crippen LogP contribution in [-0.4, -0.2) is 45.7 Å². The first kappa shape index (κ1) is 29.8. The molecule has 0 atom stereocenters. The lowest BCUT2D eigenvalue weighted by Crippen LogP contribution is -2.42. The number of hydrazone groups is 2. The molecule has 3 heterocycles. The van der Waals surface area contributed by atoms with E-state index in [4.69, 9.17) is 16.3 Å². The second-order valence-corrected chi connectivity index (χ2v) is 9.13. The van der Waals surface area contributed by atoms with Crippen molar-refractivity contribution in [3.05, 3.63) is 75.1 Å². The molecule has 0 saturated carbocycles. The van der Waals surface area contributed by atoms with Gasteiger partial charge >= 0.3 is 12.2 Å². The maximum atomic E-state index is 13.4. The fourth-order valence-corrected chi connectivity index (χ4v) is 4.23. The molecule has 0 spiro atoms. The zero-order valence-electron chi connectivity index (χ0n) is 20.7. The fraction of sp³-hybridized carbons (Fsp3) is 0.240. The molecule has 1 aromatic carbocycles. The topological polar surface area (TPSA) is 108 Å². The summed E-state index contributed by atoms with van der Waals surface area (Å²) in [6.07, 6.45) is 0.311. The summed E-state index contributed by atoms with van der Waals surface area (Å²) < 4.78 is 46.0. The minimum absolute atomic E-state index is 0.0978. The van der Waals surface area contributed by atoms with Crippen molar-refractivity contribution in [2.75, 3.05) is 13.2 Å². The van der Waals surface area contributed by atoms with Gasteiger partial charge in [-0.2, -0.15) is 28.6 Å². The number of nitrogens with one attached hydrogen (secondary N) is 1. The number of urea groups is 1. The van der Waals surface area contributed by atoms with Crippen molar-refractivity contribution in [2.24, 2.45) is 10.2 Å². The second-order valence-electron chi connectivity index (χ2n) is 7.91. The predicted octanol–water partition coefficient (Wildman–Crippen LogP) is 6.27. The van der Waals surface area contributed by atoms with Crippen LogP contribution in [-0.2, 0) is 17.6 Å². The molecule has 39 heavy (non-hydrogen) atoms. The minimum atomic E-state index is -4.63. The van der Waals surface area contributed by atoms with Crippen LogP contribution in [0.3, 0.4) is 0 Å². The van der Waals surface area contributed by atoms with Gasteiger partial charge in [-0.15, -0.1) is 0 Å². The van der Waals surface area contributed by atoms with Crippen molar-refractivity contribution in [3.8, 4) is 17.3 Å². The number of nitrogens with zero attached hydrogens (tertiary/aromatic N) is 6. The smallest absolute Gasteiger partial charge is 0.361 e. The number of hydrogen-bond acceptors (Lipinski definition) is 6. The van der Waals surface area contributed by atoms with E-state index in [1.165, 1.54) is 5.01 Å². The summed E-state index contributed by atoms with van der Waals surface area (Å²) in [6.45, 7) is 3.84. The van der Waals surface area contributed by atoms with Crippen LogP contribution in [0.1, 0.15) is 30.7 Å². The number of carbonyl (C=O) groups excluding carboxylic acids is 1. The molecule has 14 heteroatoms. The van der Waals surface area contributed by atoms with Gasteiger partial charge in [0.15, 0.2) is 0 Å². The van der Waals surface area contributed by atoms with Crippen LogP contribution in [0.15, 0.2) is 63.5 Å². The largest absolute Gasteiger partial charge is 0.432 e. The predicted molar refractivity (Wildman–Crippen MR) is 144 cm³/mol. The van der Waals surface area contributed by atoms with Gasteiger partial charge in [0.2, 0.25) is 0 Å². The number of alkyl halides is 3. The molecule has 0 fully saturated rings. The van der Waals surface area contributed by atoms with Crippen LogP contribution in [0.5, 0.6) is 0 Å². The Labute approximate surface area is 235 Å². The summed E-state index contributed by atoms with van der Waals surface area (Å²) in [4.78, 5) is 15.3. The van der Waals surface area contributed by atoms with Crippen LogP contribution < -0.4 is 5.43 Å². The normalized spacial score (nSPS) is 13.4. The lowest BCUT2D eigenvalue weighted by atomic mass is 10.1. The van der Waals surface area contributed by atoms with E-state index in [1.54, 1.807) is 49.8 Å². The molecule has 0 saturated heterocycles. The lowest BCUT2D eigenvalue weighted by molar-refractivity contribution is -0.146. The van der Waals surface area contributed by atoms with Crippen molar-refractivity contribution in [2.45, 2.75) is 26.8 Å². The Hall–Kier alpha value is -3.73. The van der Waals surface area contributed by atoms with Gasteiger partial charge in [0.25, 0.3) is 0 Å². The maximum Gasteiger partial charge on any atom is 0.432 e. The molecular formula is C25H22BrClF3N7O2. The summed E-state index contributed by atoms with van der Waals surface area (Å²) in [6, 6.07) is 11.4. The molecule has 0 unspecified atom stereocenters. The zero-order chi connectivity index (χ0) is 28.6. The van der Waals surface area contributed by atoms with Crippen LogP contribution in [0.4, 0.5) is 18.0 Å². The van der Waals surface area contributed by atoms with Crippen LogP contribution >= 0.6 is 27.5 Å². The minimum Gasteiger partial charge on any atom is -0.361 e. The van der Waals surface area contributed by atoms with Gasteiger partial charge in [-0.25, -0.2) is 15.2 Å². The van der Waals surface area contributed by atoms with Crippen LogP contribution in [0.2, 0.25) is 5.02 Å². The van der Waals surface area contributed by atoms with E-state index in [2.05, 4.69) is 36.5 Å².